The Kier molecular flexibility index (Phi) is 6.42. The Morgan fingerprint density at radius 1 is 1.21 bits per heavy atom. The molecule has 2 atom stereocenters. The fraction of sp³-hybridized carbons (Fsp3) is 0.450. The molecule has 0 radical (unpaired) electrons. The number of nitrogens with zero attached hydrogens (tertiary/aromatic N) is 1. The predicted molar refractivity (Wildman–Crippen MR) is 114 cm³/mol. The maximum Gasteiger partial charge on any atom is 0.251 e. The van der Waals surface area contributed by atoms with Crippen LogP contribution in [0.1, 0.15) is 47.1 Å². The zero-order chi connectivity index (χ0) is 20.3. The molecule has 0 aliphatic carbocycles. The molecule has 1 aromatic carbocycles. The summed E-state index contributed by atoms with van der Waals surface area (Å²) in [6.07, 6.45) is 3.06. The van der Waals surface area contributed by atoms with Crippen molar-refractivity contribution in [2.45, 2.75) is 38.8 Å². The number of benzene rings is 1. The predicted octanol–water partition coefficient (Wildman–Crippen LogP) is 3.25. The minimum absolute atomic E-state index is 0.147. The first kappa shape index (κ1) is 20.8. The van der Waals surface area contributed by atoms with Crippen LogP contribution in [0, 0.1) is 0 Å². The van der Waals surface area contributed by atoms with Gasteiger partial charge in [-0.25, -0.2) is 8.42 Å². The third kappa shape index (κ3) is 5.12. The maximum atomic E-state index is 12.3. The van der Waals surface area contributed by atoms with Crippen LogP contribution in [0.4, 0.5) is 5.69 Å². The Hall–Kier alpha value is -1.90. The molecule has 8 heteroatoms. The van der Waals surface area contributed by atoms with Crippen molar-refractivity contribution in [3.05, 3.63) is 51.7 Å². The summed E-state index contributed by atoms with van der Waals surface area (Å²) in [7, 11) is -3.32. The summed E-state index contributed by atoms with van der Waals surface area (Å²) in [6.45, 7) is 6.07. The zero-order valence-corrected chi connectivity index (χ0v) is 18.1. The van der Waals surface area contributed by atoms with Crippen molar-refractivity contribution in [3.8, 4) is 0 Å². The molecular formula is C20H27N3O3S2. The summed E-state index contributed by atoms with van der Waals surface area (Å²) in [4.78, 5) is 16.3. The van der Waals surface area contributed by atoms with E-state index in [0.29, 0.717) is 29.9 Å². The molecule has 0 fully saturated rings. The molecule has 152 valence electrons. The number of anilines is 1. The fourth-order valence-corrected chi connectivity index (χ4v) is 5.31. The van der Waals surface area contributed by atoms with E-state index in [-0.39, 0.29) is 5.91 Å². The summed E-state index contributed by atoms with van der Waals surface area (Å²) in [6, 6.07) is 9.58. The highest BCUT2D eigenvalue weighted by Gasteiger charge is 2.29. The number of amides is 1. The summed E-state index contributed by atoms with van der Waals surface area (Å²) in [5.74, 6) is -0.147. The lowest BCUT2D eigenvalue weighted by molar-refractivity contribution is 0.0946. The van der Waals surface area contributed by atoms with Crippen LogP contribution < -0.4 is 10.0 Å². The van der Waals surface area contributed by atoms with Gasteiger partial charge in [-0.15, -0.1) is 11.3 Å². The minimum Gasteiger partial charge on any atom is -0.352 e. The number of thiophene rings is 1. The van der Waals surface area contributed by atoms with Crippen LogP contribution >= 0.6 is 11.3 Å². The molecule has 0 saturated carbocycles. The Morgan fingerprint density at radius 2 is 1.93 bits per heavy atom. The lowest BCUT2D eigenvalue weighted by Gasteiger charge is -2.38. The van der Waals surface area contributed by atoms with E-state index in [1.54, 1.807) is 24.3 Å². The van der Waals surface area contributed by atoms with Gasteiger partial charge in [0, 0.05) is 41.3 Å². The standard InChI is InChI=1S/C20H27N3O3S2/c1-14-13-17-9-12-27-19(17)15(2)23(14)11-4-10-21-20(24)16-5-7-18(8-6-16)22-28(3,25)26/h5-9,12,14-15,22H,4,10-11,13H2,1-3H3,(H,21,24). The quantitative estimate of drug-likeness (QED) is 0.673. The van der Waals surface area contributed by atoms with Crippen molar-refractivity contribution < 1.29 is 13.2 Å². The van der Waals surface area contributed by atoms with E-state index < -0.39 is 10.0 Å². The van der Waals surface area contributed by atoms with Crippen LogP contribution in [0.15, 0.2) is 35.7 Å². The van der Waals surface area contributed by atoms with Crippen molar-refractivity contribution in [1.29, 1.82) is 0 Å². The average Bonchev–Trinajstić information content (AvgIpc) is 3.08. The molecular weight excluding hydrogens is 394 g/mol. The summed E-state index contributed by atoms with van der Waals surface area (Å²) in [5, 5.41) is 5.12. The Bertz CT molecular complexity index is 922. The zero-order valence-electron chi connectivity index (χ0n) is 16.4. The lowest BCUT2D eigenvalue weighted by Crippen LogP contribution is -2.41. The molecule has 6 nitrogen and oxygen atoms in total. The van der Waals surface area contributed by atoms with E-state index in [2.05, 4.69) is 40.2 Å². The SMILES string of the molecule is CC1Cc2ccsc2C(C)N1CCCNC(=O)c1ccc(NS(C)(=O)=O)cc1. The van der Waals surface area contributed by atoms with Crippen LogP contribution in [-0.2, 0) is 16.4 Å². The fourth-order valence-electron chi connectivity index (χ4n) is 3.73. The van der Waals surface area contributed by atoms with Gasteiger partial charge in [0.15, 0.2) is 0 Å². The normalized spacial score (nSPS) is 19.8. The average molecular weight is 422 g/mol. The number of sulfonamides is 1. The number of hydrogen-bond acceptors (Lipinski definition) is 5. The number of fused-ring (bicyclic) bond motifs is 1. The second-order valence-electron chi connectivity index (χ2n) is 7.34. The molecule has 0 saturated heterocycles. The number of rotatable bonds is 7. The number of carbonyl (C=O) groups excluding carboxylic acids is 1. The molecule has 0 bridgehead atoms. The van der Waals surface area contributed by atoms with Crippen LogP contribution in [0.2, 0.25) is 0 Å². The van der Waals surface area contributed by atoms with Gasteiger partial charge in [0.25, 0.3) is 5.91 Å². The second kappa shape index (κ2) is 8.63. The monoisotopic (exact) mass is 421 g/mol. The van der Waals surface area contributed by atoms with Crippen LogP contribution in [0.5, 0.6) is 0 Å². The number of carbonyl (C=O) groups is 1. The topological polar surface area (TPSA) is 78.5 Å². The van der Waals surface area contributed by atoms with Gasteiger partial charge in [-0.3, -0.25) is 14.4 Å². The van der Waals surface area contributed by atoms with Crippen LogP contribution in [0.25, 0.3) is 0 Å². The molecule has 0 spiro atoms. The minimum atomic E-state index is -3.32. The molecule has 2 heterocycles. The highest BCUT2D eigenvalue weighted by atomic mass is 32.2. The van der Waals surface area contributed by atoms with Gasteiger partial charge >= 0.3 is 0 Å². The van der Waals surface area contributed by atoms with Gasteiger partial charge in [0.05, 0.1) is 6.26 Å². The molecule has 2 N–H and O–H groups in total. The van der Waals surface area contributed by atoms with Gasteiger partial charge in [0.1, 0.15) is 0 Å². The molecule has 1 aliphatic heterocycles. The smallest absolute Gasteiger partial charge is 0.251 e. The molecule has 28 heavy (non-hydrogen) atoms. The van der Waals surface area contributed by atoms with Gasteiger partial charge in [-0.1, -0.05) is 0 Å². The van der Waals surface area contributed by atoms with Crippen LogP contribution in [0.3, 0.4) is 0 Å². The number of nitrogens with one attached hydrogen (secondary N) is 2. The molecule has 1 aliphatic rings. The van der Waals surface area contributed by atoms with Crippen LogP contribution in [-0.4, -0.2) is 44.6 Å². The third-order valence-electron chi connectivity index (χ3n) is 5.07. The first-order chi connectivity index (χ1) is 13.2. The first-order valence-corrected chi connectivity index (χ1v) is 12.2. The molecule has 3 rings (SSSR count). The third-order valence-corrected chi connectivity index (χ3v) is 6.80. The van der Waals surface area contributed by atoms with E-state index in [0.717, 1.165) is 25.6 Å². The van der Waals surface area contributed by atoms with E-state index in [1.807, 2.05) is 11.3 Å². The van der Waals surface area contributed by atoms with Gasteiger partial charge in [-0.05, 0) is 68.0 Å². The van der Waals surface area contributed by atoms with Gasteiger partial charge in [0.2, 0.25) is 10.0 Å². The van der Waals surface area contributed by atoms with Crippen molar-refractivity contribution in [3.63, 3.8) is 0 Å². The van der Waals surface area contributed by atoms with Crippen molar-refractivity contribution in [2.24, 2.45) is 0 Å². The largest absolute Gasteiger partial charge is 0.352 e. The van der Waals surface area contributed by atoms with Crippen molar-refractivity contribution in [2.75, 3.05) is 24.1 Å². The molecule has 1 aromatic heterocycles. The Labute approximate surface area is 171 Å². The highest BCUT2D eigenvalue weighted by Crippen LogP contribution is 2.36. The highest BCUT2D eigenvalue weighted by molar-refractivity contribution is 7.92. The van der Waals surface area contributed by atoms with Gasteiger partial charge < -0.3 is 5.32 Å². The van der Waals surface area contributed by atoms with E-state index in [4.69, 9.17) is 0 Å². The van der Waals surface area contributed by atoms with E-state index in [1.165, 1.54) is 10.4 Å². The summed E-state index contributed by atoms with van der Waals surface area (Å²) < 4.78 is 24.8. The summed E-state index contributed by atoms with van der Waals surface area (Å²) >= 11 is 1.83. The van der Waals surface area contributed by atoms with E-state index >= 15 is 0 Å². The summed E-state index contributed by atoms with van der Waals surface area (Å²) in [5.41, 5.74) is 2.44. The maximum absolute atomic E-state index is 12.3. The van der Waals surface area contributed by atoms with Crippen molar-refractivity contribution in [1.82, 2.24) is 10.2 Å². The Balaban J connectivity index is 1.47. The molecule has 2 aromatic rings. The molecule has 1 amide bonds. The van der Waals surface area contributed by atoms with Gasteiger partial charge in [-0.2, -0.15) is 0 Å². The second-order valence-corrected chi connectivity index (χ2v) is 10.0. The molecule has 2 unspecified atom stereocenters. The lowest BCUT2D eigenvalue weighted by atomic mass is 9.96. The van der Waals surface area contributed by atoms with E-state index in [9.17, 15) is 13.2 Å². The Morgan fingerprint density at radius 3 is 2.61 bits per heavy atom. The number of hydrogen-bond donors (Lipinski definition) is 2. The first-order valence-electron chi connectivity index (χ1n) is 9.42. The van der Waals surface area contributed by atoms with Crippen molar-refractivity contribution >= 4 is 33.0 Å².